The molecule has 0 radical (unpaired) electrons. The van der Waals surface area contributed by atoms with Gasteiger partial charge in [0.2, 0.25) is 11.8 Å². The van der Waals surface area contributed by atoms with Gasteiger partial charge in [-0.15, -0.1) is 5.10 Å². The monoisotopic (exact) mass is 470 g/mol. The second kappa shape index (κ2) is 8.15. The van der Waals surface area contributed by atoms with Gasteiger partial charge in [0.15, 0.2) is 5.69 Å². The van der Waals surface area contributed by atoms with Crippen LogP contribution in [-0.4, -0.2) is 56.1 Å². The number of amides is 4. The third-order valence-corrected chi connectivity index (χ3v) is 6.84. The maximum atomic E-state index is 13.2. The van der Waals surface area contributed by atoms with Gasteiger partial charge in [0.1, 0.15) is 6.04 Å². The fourth-order valence-corrected chi connectivity index (χ4v) is 5.06. The molecule has 6 rings (SSSR count). The minimum atomic E-state index is -0.668. The summed E-state index contributed by atoms with van der Waals surface area (Å²) in [6.45, 7) is 0.919. The van der Waals surface area contributed by atoms with Crippen molar-refractivity contribution in [3.63, 3.8) is 0 Å². The van der Waals surface area contributed by atoms with Gasteiger partial charge in [-0.05, 0) is 48.6 Å². The van der Waals surface area contributed by atoms with Crippen molar-refractivity contribution in [1.29, 1.82) is 0 Å². The van der Waals surface area contributed by atoms with Gasteiger partial charge in [0.05, 0.1) is 11.9 Å². The number of aryl methyl sites for hydroxylation is 1. The van der Waals surface area contributed by atoms with Gasteiger partial charge in [0.25, 0.3) is 11.8 Å². The average Bonchev–Trinajstić information content (AvgIpc) is 3.48. The fourth-order valence-electron chi connectivity index (χ4n) is 5.06. The molecule has 1 fully saturated rings. The van der Waals surface area contributed by atoms with Crippen molar-refractivity contribution < 1.29 is 19.2 Å². The molecule has 176 valence electrons. The summed E-state index contributed by atoms with van der Waals surface area (Å²) in [6.07, 6.45) is 3.91. The molecule has 3 aliphatic heterocycles. The number of piperidine rings is 1. The molecule has 1 N–H and O–H groups in total. The van der Waals surface area contributed by atoms with E-state index in [1.807, 2.05) is 30.3 Å². The lowest BCUT2D eigenvalue weighted by Crippen LogP contribution is -2.52. The van der Waals surface area contributed by atoms with Crippen LogP contribution in [0.2, 0.25) is 0 Å². The first-order chi connectivity index (χ1) is 17.0. The number of nitrogens with one attached hydrogen (secondary N) is 1. The van der Waals surface area contributed by atoms with Crippen LogP contribution >= 0.6 is 0 Å². The number of hydrogen-bond acceptors (Lipinski definition) is 6. The molecule has 0 bridgehead atoms. The highest BCUT2D eigenvalue weighted by molar-refractivity contribution is 6.06. The zero-order valence-corrected chi connectivity index (χ0v) is 18.8. The van der Waals surface area contributed by atoms with Gasteiger partial charge < -0.3 is 9.80 Å². The average molecular weight is 470 g/mol. The lowest BCUT2D eigenvalue weighted by molar-refractivity contribution is -0.136. The molecule has 4 heterocycles. The molecule has 0 spiro atoms. The zero-order valence-electron chi connectivity index (χ0n) is 18.8. The SMILES string of the molecule is O=C1CCC(N2Cc3ccc(-n4cc(C(=O)N5CCCc6ccccc65)nn4)cc3C2=O)C(=O)N1. The molecule has 4 amide bonds. The lowest BCUT2D eigenvalue weighted by atomic mass is 10.0. The molecule has 0 saturated carbocycles. The number of imide groups is 1. The second-order valence-corrected chi connectivity index (χ2v) is 8.98. The summed E-state index contributed by atoms with van der Waals surface area (Å²) in [5.41, 5.74) is 4.11. The predicted molar refractivity (Wildman–Crippen MR) is 124 cm³/mol. The molecule has 1 saturated heterocycles. The Balaban J connectivity index is 1.24. The highest BCUT2D eigenvalue weighted by Gasteiger charge is 2.39. The van der Waals surface area contributed by atoms with E-state index in [-0.39, 0.29) is 29.8 Å². The molecule has 1 unspecified atom stereocenters. The molecular formula is C25H22N6O4. The predicted octanol–water partition coefficient (Wildman–Crippen LogP) is 1.62. The molecule has 2 aromatic carbocycles. The van der Waals surface area contributed by atoms with E-state index in [1.54, 1.807) is 23.2 Å². The van der Waals surface area contributed by atoms with Crippen LogP contribution in [0.4, 0.5) is 5.69 Å². The minimum Gasteiger partial charge on any atom is -0.322 e. The van der Waals surface area contributed by atoms with Gasteiger partial charge in [-0.25, -0.2) is 4.68 Å². The molecule has 1 atom stereocenters. The maximum absolute atomic E-state index is 13.2. The van der Waals surface area contributed by atoms with Crippen LogP contribution in [0.3, 0.4) is 0 Å². The van der Waals surface area contributed by atoms with Crippen LogP contribution in [0.15, 0.2) is 48.7 Å². The van der Waals surface area contributed by atoms with E-state index in [0.29, 0.717) is 30.8 Å². The number of aromatic nitrogens is 3. The van der Waals surface area contributed by atoms with Crippen molar-refractivity contribution in [1.82, 2.24) is 25.2 Å². The molecule has 3 aliphatic rings. The van der Waals surface area contributed by atoms with Crippen molar-refractivity contribution in [2.75, 3.05) is 11.4 Å². The topological polar surface area (TPSA) is 118 Å². The number of anilines is 1. The zero-order chi connectivity index (χ0) is 24.1. The van der Waals surface area contributed by atoms with E-state index < -0.39 is 11.9 Å². The molecule has 1 aromatic heterocycles. The first-order valence-electron chi connectivity index (χ1n) is 11.6. The van der Waals surface area contributed by atoms with Crippen LogP contribution in [0, 0.1) is 0 Å². The standard InChI is InChI=1S/C25H22N6O4/c32-22-10-9-21(23(33)26-22)30-13-16-7-8-17(12-18(16)24(30)34)31-14-19(27-28-31)25(35)29-11-3-5-15-4-1-2-6-20(15)29/h1-2,4,6-8,12,14,21H,3,5,9-11,13H2,(H,26,32,33). The summed E-state index contributed by atoms with van der Waals surface area (Å²) in [7, 11) is 0. The lowest BCUT2D eigenvalue weighted by Gasteiger charge is -2.29. The number of rotatable bonds is 3. The maximum Gasteiger partial charge on any atom is 0.280 e. The van der Waals surface area contributed by atoms with Crippen LogP contribution in [0.1, 0.15) is 51.2 Å². The highest BCUT2D eigenvalue weighted by Crippen LogP contribution is 2.30. The Kier molecular flexibility index (Phi) is 4.94. The van der Waals surface area contributed by atoms with Crippen molar-refractivity contribution in [2.45, 2.75) is 38.3 Å². The summed E-state index contributed by atoms with van der Waals surface area (Å²) < 4.78 is 1.48. The normalized spacial score (nSPS) is 19.4. The van der Waals surface area contributed by atoms with E-state index in [4.69, 9.17) is 0 Å². The summed E-state index contributed by atoms with van der Waals surface area (Å²) >= 11 is 0. The first-order valence-corrected chi connectivity index (χ1v) is 11.6. The van der Waals surface area contributed by atoms with Crippen LogP contribution in [-0.2, 0) is 22.6 Å². The Bertz CT molecular complexity index is 1400. The molecule has 3 aromatic rings. The number of carbonyl (C=O) groups excluding carboxylic acids is 4. The Labute approximate surface area is 200 Å². The van der Waals surface area contributed by atoms with Gasteiger partial charge in [-0.2, -0.15) is 0 Å². The fraction of sp³-hybridized carbons (Fsp3) is 0.280. The number of para-hydroxylation sites is 1. The second-order valence-electron chi connectivity index (χ2n) is 8.98. The highest BCUT2D eigenvalue weighted by atomic mass is 16.2. The molecule has 35 heavy (non-hydrogen) atoms. The number of benzene rings is 2. The van der Waals surface area contributed by atoms with Gasteiger partial charge in [-0.1, -0.05) is 29.5 Å². The summed E-state index contributed by atoms with van der Waals surface area (Å²) in [5.74, 6) is -1.24. The summed E-state index contributed by atoms with van der Waals surface area (Å²) in [4.78, 5) is 53.3. The van der Waals surface area contributed by atoms with Crippen LogP contribution < -0.4 is 10.2 Å². The number of carbonyl (C=O) groups is 4. The smallest absolute Gasteiger partial charge is 0.280 e. The number of fused-ring (bicyclic) bond motifs is 2. The van der Waals surface area contributed by atoms with E-state index in [0.717, 1.165) is 29.7 Å². The van der Waals surface area contributed by atoms with E-state index in [1.165, 1.54) is 9.58 Å². The van der Waals surface area contributed by atoms with E-state index in [2.05, 4.69) is 15.6 Å². The van der Waals surface area contributed by atoms with Crippen molar-refractivity contribution in [3.8, 4) is 5.69 Å². The first kappa shape index (κ1) is 21.2. The van der Waals surface area contributed by atoms with Gasteiger partial charge in [0, 0.05) is 30.8 Å². The summed E-state index contributed by atoms with van der Waals surface area (Å²) in [6, 6.07) is 12.5. The number of hydrogen-bond donors (Lipinski definition) is 1. The largest absolute Gasteiger partial charge is 0.322 e. The van der Waals surface area contributed by atoms with E-state index in [9.17, 15) is 19.2 Å². The Morgan fingerprint density at radius 2 is 1.89 bits per heavy atom. The Morgan fingerprint density at radius 3 is 2.74 bits per heavy atom. The van der Waals surface area contributed by atoms with Crippen molar-refractivity contribution in [2.24, 2.45) is 0 Å². The van der Waals surface area contributed by atoms with Crippen molar-refractivity contribution >= 4 is 29.3 Å². The number of nitrogens with zero attached hydrogens (tertiary/aromatic N) is 5. The quantitative estimate of drug-likeness (QED) is 0.582. The molecule has 10 nitrogen and oxygen atoms in total. The molecule has 0 aliphatic carbocycles. The summed E-state index contributed by atoms with van der Waals surface area (Å²) in [5, 5.41) is 10.5. The van der Waals surface area contributed by atoms with Crippen LogP contribution in [0.25, 0.3) is 5.69 Å². The minimum absolute atomic E-state index is 0.207. The van der Waals surface area contributed by atoms with Crippen molar-refractivity contribution in [3.05, 3.63) is 71.0 Å². The van der Waals surface area contributed by atoms with Gasteiger partial charge >= 0.3 is 0 Å². The Morgan fingerprint density at radius 1 is 1.03 bits per heavy atom. The third-order valence-electron chi connectivity index (χ3n) is 6.84. The van der Waals surface area contributed by atoms with E-state index >= 15 is 0 Å². The molecule has 10 heteroatoms. The Hall–Kier alpha value is -4.34. The molecular weight excluding hydrogens is 448 g/mol. The van der Waals surface area contributed by atoms with Crippen LogP contribution in [0.5, 0.6) is 0 Å². The third kappa shape index (κ3) is 3.58. The van der Waals surface area contributed by atoms with Gasteiger partial charge in [-0.3, -0.25) is 24.5 Å².